The van der Waals surface area contributed by atoms with E-state index in [4.69, 9.17) is 59.8 Å². The van der Waals surface area contributed by atoms with E-state index in [1.165, 1.54) is 41.1 Å². The number of benzene rings is 5. The largest absolute Gasteiger partial charge is 0.490 e. The number of fused-ring (bicyclic) bond motifs is 5. The fourth-order valence-electron chi connectivity index (χ4n) is 11.6. The van der Waals surface area contributed by atoms with Gasteiger partial charge in [0.15, 0.2) is 0 Å². The van der Waals surface area contributed by atoms with Gasteiger partial charge in [0.05, 0.1) is 92.1 Å². The van der Waals surface area contributed by atoms with Crippen LogP contribution < -0.4 is 71.1 Å². The highest BCUT2D eigenvalue weighted by Crippen LogP contribution is 2.39. The maximum Gasteiger partial charge on any atom is 0.410 e. The molecule has 122 heavy (non-hydrogen) atoms. The number of amides is 4. The van der Waals surface area contributed by atoms with Crippen molar-refractivity contribution in [1.82, 2.24) is 24.9 Å². The number of hydrogen-bond acceptors (Lipinski definition) is 29. The molecule has 664 valence electrons. The average Bonchev–Trinajstić information content (AvgIpc) is 0.840. The molecule has 0 spiro atoms. The van der Waals surface area contributed by atoms with Crippen LogP contribution in [0.4, 0.5) is 76.1 Å². The van der Waals surface area contributed by atoms with Crippen molar-refractivity contribution in [2.24, 2.45) is 21.5 Å². The first-order valence-electron chi connectivity index (χ1n) is 39.8. The summed E-state index contributed by atoms with van der Waals surface area (Å²) in [6.07, 6.45) is -0.851. The Kier molecular flexibility index (Phi) is 36.1. The maximum absolute atomic E-state index is 12.2. The van der Waals surface area contributed by atoms with E-state index in [2.05, 4.69) is 35.3 Å². The van der Waals surface area contributed by atoms with Crippen molar-refractivity contribution < 1.29 is 76.5 Å². The van der Waals surface area contributed by atoms with Crippen molar-refractivity contribution in [3.63, 3.8) is 0 Å². The molecule has 0 unspecified atom stereocenters. The van der Waals surface area contributed by atoms with Gasteiger partial charge >= 0.3 is 24.4 Å². The molecule has 12 rings (SSSR count). The second-order valence-corrected chi connectivity index (χ2v) is 34.2. The number of aliphatic imine (C=N–C) groups is 2. The van der Waals surface area contributed by atoms with E-state index in [-0.39, 0.29) is 30.1 Å². The van der Waals surface area contributed by atoms with E-state index >= 15 is 0 Å². The van der Waals surface area contributed by atoms with Gasteiger partial charge < -0.3 is 114 Å². The number of nitrogens with one attached hydrogen (secondary N) is 2. The molecule has 4 amide bonds. The smallest absolute Gasteiger partial charge is 0.410 e. The van der Waals surface area contributed by atoms with Crippen LogP contribution in [-0.4, -0.2) is 254 Å². The lowest BCUT2D eigenvalue weighted by Gasteiger charge is -2.33. The number of aldehydes is 1. The van der Waals surface area contributed by atoms with Crippen LogP contribution in [0.15, 0.2) is 136 Å². The number of nitro groups is 2. The highest BCUT2D eigenvalue weighted by molar-refractivity contribution is 7.12. The zero-order valence-corrected chi connectivity index (χ0v) is 74.5. The lowest BCUT2D eigenvalue weighted by molar-refractivity contribution is -0.385. The predicted octanol–water partition coefficient (Wildman–Crippen LogP) is 13.5. The molecule has 2 aromatic heterocycles. The minimum Gasteiger partial charge on any atom is -0.490 e. The van der Waals surface area contributed by atoms with Crippen LogP contribution in [-0.2, 0) is 23.7 Å². The molecular weight excluding hydrogens is 1610 g/mol. The molecule has 5 aliphatic heterocycles. The van der Waals surface area contributed by atoms with Crippen LogP contribution in [0.3, 0.4) is 0 Å². The van der Waals surface area contributed by atoms with Crippen molar-refractivity contribution in [2.75, 3.05) is 191 Å². The van der Waals surface area contributed by atoms with Crippen molar-refractivity contribution in [3.05, 3.63) is 156 Å². The van der Waals surface area contributed by atoms with Gasteiger partial charge in [-0.1, -0.05) is 12.1 Å². The maximum atomic E-state index is 12.2. The summed E-state index contributed by atoms with van der Waals surface area (Å²) in [7, 11) is 8.64. The number of thiophene rings is 2. The Morgan fingerprint density at radius 1 is 0.492 bits per heavy atom. The van der Waals surface area contributed by atoms with Gasteiger partial charge in [0.1, 0.15) is 102 Å². The molecule has 0 saturated carbocycles. The van der Waals surface area contributed by atoms with Crippen molar-refractivity contribution in [3.8, 4) is 28.7 Å². The first-order valence-corrected chi connectivity index (χ1v) is 41.6. The van der Waals surface area contributed by atoms with Crippen molar-refractivity contribution >= 4 is 122 Å². The van der Waals surface area contributed by atoms with Crippen LogP contribution in [0, 0.1) is 20.2 Å². The summed E-state index contributed by atoms with van der Waals surface area (Å²) in [6.45, 7) is 34.1. The number of anilines is 6. The molecule has 7 heterocycles. The number of nitro benzene ring substituents is 2. The van der Waals surface area contributed by atoms with Gasteiger partial charge in [-0.2, -0.15) is 0 Å². The summed E-state index contributed by atoms with van der Waals surface area (Å²) in [4.78, 5) is 103. The number of carbonyl (C=O) groups is 5. The molecule has 7 aromatic rings. The zero-order valence-electron chi connectivity index (χ0n) is 72.9. The fraction of sp³-hybridized carbons (Fsp3) is 0.471. The van der Waals surface area contributed by atoms with Gasteiger partial charge in [-0.25, -0.2) is 29.2 Å². The summed E-state index contributed by atoms with van der Waals surface area (Å²) >= 11 is 3.15. The summed E-state index contributed by atoms with van der Waals surface area (Å²) in [5.41, 5.74) is 22.8. The van der Waals surface area contributed by atoms with Gasteiger partial charge in [0.25, 0.3) is 11.4 Å². The minimum atomic E-state index is -0.544. The van der Waals surface area contributed by atoms with Gasteiger partial charge in [0, 0.05) is 117 Å². The number of nitrogens with two attached hydrogens (primary N) is 3. The molecule has 0 atom stereocenters. The zero-order chi connectivity index (χ0) is 89.7. The molecule has 0 saturated heterocycles. The second-order valence-electron chi connectivity index (χ2n) is 32.3. The number of carbonyl (C=O) groups excluding carboxylic acids is 5. The Labute approximate surface area is 721 Å². The fourth-order valence-corrected chi connectivity index (χ4v) is 12.9. The van der Waals surface area contributed by atoms with E-state index in [1.807, 2.05) is 164 Å². The molecule has 37 heteroatoms. The van der Waals surface area contributed by atoms with E-state index in [0.717, 1.165) is 94.8 Å². The molecule has 0 bridgehead atoms. The third-order valence-corrected chi connectivity index (χ3v) is 19.5. The van der Waals surface area contributed by atoms with Gasteiger partial charge in [-0.15, -0.1) is 22.7 Å². The standard InChI is InChI=1S/C21H28N4O3S.C16H20N4OS.C16H23N3O5.C16H25N3O3.C8H8N2O3.C8H15NO3/c1-21(2,3)28-20(26)24(4)9-10-25-11-12-27-17-8-7-15(14-16(17)25)23-19(22)18-6-5-13-29-18;1-18-6-7-20-8-9-21-14-5-4-12(11-13(14)20)19-16(17)15-3-2-10-22-15;1-16(2,3)24-15(20)17(4)7-8-18-9-10-23-14-6-5-12(19(21)22)11-13(14)18;1-16(2,3)22-15(20)18(4)7-8-19-9-10-21-14-6-5-12(17)11-13(14)19;11-10(12)6-1-2-8-7(5-6)9-3-4-13-8;1-8(2,3)12-7(11)9(4)5-6-10/h5-8,13-14H,9-12H2,1-4H3,(H2,22,23);2-5,10-11,18H,6-9H2,1H3,(H2,17,19);5-6,11H,7-10H2,1-4H3;5-6,11H,7-10,17H2,1-4H3;1-2,5,9H,3-4H2;6H,5H2,1-4H3. The molecule has 35 nitrogen and oxygen atoms in total. The Bertz CT molecular complexity index is 4660. The van der Waals surface area contributed by atoms with Crippen LogP contribution in [0.5, 0.6) is 28.7 Å². The first kappa shape index (κ1) is 96.9. The highest BCUT2D eigenvalue weighted by atomic mass is 32.1. The van der Waals surface area contributed by atoms with E-state index < -0.39 is 44.4 Å². The van der Waals surface area contributed by atoms with Crippen LogP contribution >= 0.6 is 22.7 Å². The Morgan fingerprint density at radius 3 is 1.20 bits per heavy atom. The lowest BCUT2D eigenvalue weighted by Crippen LogP contribution is -2.41. The molecule has 0 radical (unpaired) electrons. The second kappa shape index (κ2) is 45.4. The van der Waals surface area contributed by atoms with Gasteiger partial charge in [-0.3, -0.25) is 20.2 Å². The number of rotatable bonds is 20. The molecule has 5 aromatic carbocycles. The van der Waals surface area contributed by atoms with Crippen molar-refractivity contribution in [2.45, 2.75) is 105 Å². The number of nitrogen functional groups attached to an aromatic ring is 1. The lowest BCUT2D eigenvalue weighted by atomic mass is 10.2. The Hall–Kier alpha value is -12.3. The van der Waals surface area contributed by atoms with Gasteiger partial charge in [-0.05, 0) is 180 Å². The molecule has 8 N–H and O–H groups in total. The molecule has 0 aliphatic carbocycles. The average molecular weight is 1730 g/mol. The topological polar surface area (TPSA) is 407 Å². The summed E-state index contributed by atoms with van der Waals surface area (Å²) in [5.74, 6) is 4.89. The third kappa shape index (κ3) is 32.0. The molecule has 5 aliphatic rings. The minimum absolute atomic E-state index is 0.0183. The number of hydrogen-bond donors (Lipinski definition) is 5. The number of ether oxygens (including phenoxy) is 9. The van der Waals surface area contributed by atoms with E-state index in [9.17, 15) is 44.2 Å². The van der Waals surface area contributed by atoms with E-state index in [1.54, 1.807) is 86.5 Å². The van der Waals surface area contributed by atoms with Gasteiger partial charge in [0.2, 0.25) is 0 Å². The Balaban J connectivity index is 0.000000206. The van der Waals surface area contributed by atoms with Crippen molar-refractivity contribution in [1.29, 1.82) is 0 Å². The normalized spacial score (nSPS) is 13.8. The summed E-state index contributed by atoms with van der Waals surface area (Å²) < 4.78 is 49.0. The first-order chi connectivity index (χ1) is 57.6. The number of nitrogens with zero attached hydrogens (tertiary/aromatic N) is 12. The summed E-state index contributed by atoms with van der Waals surface area (Å²) in [5, 5.41) is 31.6. The SMILES string of the molecule is CN(CC=O)C(=O)OC(C)(C)C.CN(CCN1CCOc2ccc(N)cc21)C(=O)OC(C)(C)C.CN(CCN1CCOc2ccc(N=C(N)c3cccs3)cc21)C(=O)OC(C)(C)C.CN(CCN1CCOc2ccc([N+](=O)[O-])cc21)C(=O)OC(C)(C)C.CNCCN1CCOc2ccc(N=C(N)c3cccs3)cc21.O=[N+]([O-])c1ccc2c(c1)NCCO2. The quantitative estimate of drug-likeness (QED) is 0.00900. The number of amidine groups is 2. The highest BCUT2D eigenvalue weighted by Gasteiger charge is 2.29. The van der Waals surface area contributed by atoms with Crippen LogP contribution in [0.25, 0.3) is 0 Å². The predicted molar refractivity (Wildman–Crippen MR) is 480 cm³/mol. The monoisotopic (exact) mass is 1730 g/mol. The number of non-ortho nitro benzene ring substituents is 2. The molecular formula is C85H119N17O18S2. The van der Waals surface area contributed by atoms with Crippen LogP contribution in [0.1, 0.15) is 92.8 Å². The van der Waals surface area contributed by atoms with E-state index in [0.29, 0.717) is 125 Å². The summed E-state index contributed by atoms with van der Waals surface area (Å²) in [6, 6.07) is 34.3. The molecule has 0 fully saturated rings. The third-order valence-electron chi connectivity index (χ3n) is 17.7. The number of likely N-dealkylation sites (N-methyl/N-ethyl adjacent to an activating group) is 5. The Morgan fingerprint density at radius 2 is 0.836 bits per heavy atom. The van der Waals surface area contributed by atoms with Crippen LogP contribution in [0.2, 0.25) is 0 Å².